The van der Waals surface area contributed by atoms with E-state index in [4.69, 9.17) is 0 Å². The molecule has 6 aliphatic rings. The van der Waals surface area contributed by atoms with Gasteiger partial charge in [0.2, 0.25) is 11.8 Å². The molecule has 2 amide bonds. The summed E-state index contributed by atoms with van der Waals surface area (Å²) < 4.78 is 0. The number of nitrogens with zero attached hydrogens (tertiary/aromatic N) is 1. The first-order valence-corrected chi connectivity index (χ1v) is 9.59. The molecule has 1 aliphatic heterocycles. The van der Waals surface area contributed by atoms with Crippen LogP contribution in [-0.4, -0.2) is 29.0 Å². The van der Waals surface area contributed by atoms with Gasteiger partial charge >= 0.3 is 0 Å². The van der Waals surface area contributed by atoms with Crippen molar-refractivity contribution in [3.8, 4) is 0 Å². The number of hydrogen-bond donors (Lipinski definition) is 0. The third kappa shape index (κ3) is 2.01. The molecule has 128 valence electrons. The van der Waals surface area contributed by atoms with Gasteiger partial charge < -0.3 is 0 Å². The van der Waals surface area contributed by atoms with Crippen molar-refractivity contribution in [2.45, 2.75) is 51.4 Å². The molecular weight excluding hydrogens is 302 g/mol. The minimum Gasteiger partial charge on any atom is -0.297 e. The van der Waals surface area contributed by atoms with Crippen molar-refractivity contribution in [3.05, 3.63) is 12.2 Å². The van der Waals surface area contributed by atoms with E-state index in [1.54, 1.807) is 0 Å². The number of carbonyl (C=O) groups excluding carboxylic acids is 3. The lowest BCUT2D eigenvalue weighted by Crippen LogP contribution is -2.53. The zero-order valence-corrected chi connectivity index (χ0v) is 14.1. The highest BCUT2D eigenvalue weighted by atomic mass is 16.2. The Morgan fingerprint density at radius 3 is 1.83 bits per heavy atom. The SMILES string of the molecule is O=C1[C@H]2CC=CC[C@H]2C(=O)N1CC(=O)C12CC3CC(CC(C3)C1)C2. The van der Waals surface area contributed by atoms with Crippen LogP contribution in [0.25, 0.3) is 0 Å². The van der Waals surface area contributed by atoms with Crippen LogP contribution in [0.1, 0.15) is 51.4 Å². The smallest absolute Gasteiger partial charge is 0.233 e. The molecule has 0 radical (unpaired) electrons. The average molecular weight is 327 g/mol. The number of Topliss-reactive ketones (excluding diaryl/α,β-unsaturated/α-hetero) is 1. The van der Waals surface area contributed by atoms with E-state index in [0.717, 1.165) is 19.3 Å². The lowest BCUT2D eigenvalue weighted by Gasteiger charge is -2.56. The summed E-state index contributed by atoms with van der Waals surface area (Å²) in [5.74, 6) is 1.65. The van der Waals surface area contributed by atoms with Crippen LogP contribution < -0.4 is 0 Å². The van der Waals surface area contributed by atoms with Crippen molar-refractivity contribution in [3.63, 3.8) is 0 Å². The number of imide groups is 1. The third-order valence-electron chi connectivity index (χ3n) is 7.53. The summed E-state index contributed by atoms with van der Waals surface area (Å²) in [4.78, 5) is 39.8. The first kappa shape index (κ1) is 14.9. The molecule has 4 heteroatoms. The van der Waals surface area contributed by atoms with Crippen molar-refractivity contribution in [2.75, 3.05) is 6.54 Å². The van der Waals surface area contributed by atoms with Crippen molar-refractivity contribution in [1.29, 1.82) is 0 Å². The molecule has 24 heavy (non-hydrogen) atoms. The zero-order chi connectivity index (χ0) is 16.5. The topological polar surface area (TPSA) is 54.5 Å². The number of rotatable bonds is 3. The van der Waals surface area contributed by atoms with Gasteiger partial charge in [0.1, 0.15) is 0 Å². The summed E-state index contributed by atoms with van der Waals surface area (Å²) in [7, 11) is 0. The predicted octanol–water partition coefficient (Wildman–Crippen LogP) is 2.72. The van der Waals surface area contributed by atoms with Gasteiger partial charge in [-0.2, -0.15) is 0 Å². The Kier molecular flexibility index (Phi) is 3.11. The van der Waals surface area contributed by atoms with E-state index in [1.165, 1.54) is 24.2 Å². The zero-order valence-electron chi connectivity index (χ0n) is 14.1. The van der Waals surface area contributed by atoms with Crippen LogP contribution >= 0.6 is 0 Å². The summed E-state index contributed by atoms with van der Waals surface area (Å²) in [5, 5.41) is 0. The molecule has 1 heterocycles. The minimum atomic E-state index is -0.221. The van der Waals surface area contributed by atoms with E-state index in [9.17, 15) is 14.4 Å². The summed E-state index contributed by atoms with van der Waals surface area (Å²) in [5.41, 5.74) is -0.221. The molecular formula is C20H25NO3. The van der Waals surface area contributed by atoms with Gasteiger partial charge in [-0.15, -0.1) is 0 Å². The van der Waals surface area contributed by atoms with Crippen molar-refractivity contribution >= 4 is 17.6 Å². The number of hydrogen-bond acceptors (Lipinski definition) is 3. The monoisotopic (exact) mass is 327 g/mol. The standard InChI is InChI=1S/C20H25NO3/c22-17(20-8-12-5-13(9-20)7-14(6-12)10-20)11-21-18(23)15-3-1-2-4-16(15)19(21)24/h1-2,12-16H,3-11H2/t12?,13?,14?,15-,16+,20?. The van der Waals surface area contributed by atoms with Gasteiger partial charge in [0.15, 0.2) is 5.78 Å². The van der Waals surface area contributed by atoms with E-state index in [2.05, 4.69) is 0 Å². The maximum absolute atomic E-state index is 13.2. The molecule has 5 fully saturated rings. The number of carbonyl (C=O) groups is 3. The van der Waals surface area contributed by atoms with Crippen molar-refractivity contribution in [1.82, 2.24) is 4.90 Å². The van der Waals surface area contributed by atoms with Crippen molar-refractivity contribution < 1.29 is 14.4 Å². The molecule has 0 unspecified atom stereocenters. The number of likely N-dealkylation sites (tertiary alicyclic amines) is 1. The molecule has 4 nitrogen and oxygen atoms in total. The second kappa shape index (κ2) is 5.03. The Morgan fingerprint density at radius 1 is 0.917 bits per heavy atom. The summed E-state index contributed by atoms with van der Waals surface area (Å²) in [6.45, 7) is 0.0385. The molecule has 0 aromatic carbocycles. The molecule has 0 spiro atoms. The second-order valence-electron chi connectivity index (χ2n) is 9.04. The lowest BCUT2D eigenvalue weighted by molar-refractivity contribution is -0.152. The van der Waals surface area contributed by atoms with Gasteiger partial charge in [-0.05, 0) is 69.1 Å². The van der Waals surface area contributed by atoms with E-state index >= 15 is 0 Å². The number of amides is 2. The van der Waals surface area contributed by atoms with Crippen LogP contribution in [0, 0.1) is 35.0 Å². The molecule has 0 aromatic heterocycles. The van der Waals surface area contributed by atoms with E-state index in [0.29, 0.717) is 30.6 Å². The van der Waals surface area contributed by atoms with Crippen LogP contribution in [0.3, 0.4) is 0 Å². The fraction of sp³-hybridized carbons (Fsp3) is 0.750. The largest absolute Gasteiger partial charge is 0.297 e. The predicted molar refractivity (Wildman–Crippen MR) is 87.7 cm³/mol. The van der Waals surface area contributed by atoms with Crippen LogP contribution in [0.15, 0.2) is 12.2 Å². The number of ketones is 1. The highest BCUT2D eigenvalue weighted by Gasteiger charge is 2.56. The number of fused-ring (bicyclic) bond motifs is 1. The summed E-state index contributed by atoms with van der Waals surface area (Å²) >= 11 is 0. The van der Waals surface area contributed by atoms with E-state index in [-0.39, 0.29) is 41.4 Å². The normalized spacial score (nSPS) is 45.8. The molecule has 5 aliphatic carbocycles. The van der Waals surface area contributed by atoms with Gasteiger partial charge in [-0.3, -0.25) is 19.3 Å². The highest BCUT2D eigenvalue weighted by molar-refractivity contribution is 6.08. The first-order chi connectivity index (χ1) is 11.6. The second-order valence-corrected chi connectivity index (χ2v) is 9.04. The maximum Gasteiger partial charge on any atom is 0.233 e. The van der Waals surface area contributed by atoms with Gasteiger partial charge in [0, 0.05) is 5.41 Å². The molecule has 4 bridgehead atoms. The fourth-order valence-electron chi connectivity index (χ4n) is 6.79. The van der Waals surface area contributed by atoms with E-state index in [1.807, 2.05) is 12.2 Å². The quantitative estimate of drug-likeness (QED) is 0.591. The Bertz CT molecular complexity index is 588. The third-order valence-corrected chi connectivity index (χ3v) is 7.53. The summed E-state index contributed by atoms with van der Waals surface area (Å²) in [6.07, 6.45) is 12.2. The molecule has 6 rings (SSSR count). The lowest BCUT2D eigenvalue weighted by atomic mass is 9.48. The van der Waals surface area contributed by atoms with E-state index < -0.39 is 0 Å². The molecule has 1 saturated heterocycles. The summed E-state index contributed by atoms with van der Waals surface area (Å²) in [6, 6.07) is 0. The maximum atomic E-state index is 13.2. The van der Waals surface area contributed by atoms with Gasteiger partial charge in [0.05, 0.1) is 18.4 Å². The average Bonchev–Trinajstić information content (AvgIpc) is 2.79. The molecule has 2 atom stereocenters. The first-order valence-electron chi connectivity index (χ1n) is 9.59. The minimum absolute atomic E-state index is 0.0385. The van der Waals surface area contributed by atoms with Crippen LogP contribution in [0.2, 0.25) is 0 Å². The van der Waals surface area contributed by atoms with Crippen LogP contribution in [0.5, 0.6) is 0 Å². The van der Waals surface area contributed by atoms with Crippen LogP contribution in [-0.2, 0) is 14.4 Å². The number of allylic oxidation sites excluding steroid dienone is 2. The Labute approximate surface area is 142 Å². The van der Waals surface area contributed by atoms with Gasteiger partial charge in [0.25, 0.3) is 0 Å². The molecule has 0 N–H and O–H groups in total. The Morgan fingerprint density at radius 2 is 1.38 bits per heavy atom. The van der Waals surface area contributed by atoms with Gasteiger partial charge in [-0.25, -0.2) is 0 Å². The molecule has 4 saturated carbocycles. The molecule has 0 aromatic rings. The highest BCUT2D eigenvalue weighted by Crippen LogP contribution is 2.60. The Hall–Kier alpha value is -1.45. The van der Waals surface area contributed by atoms with Gasteiger partial charge in [-0.1, -0.05) is 12.2 Å². The van der Waals surface area contributed by atoms with Crippen LogP contribution in [0.4, 0.5) is 0 Å². The fourth-order valence-corrected chi connectivity index (χ4v) is 6.79. The van der Waals surface area contributed by atoms with Crippen molar-refractivity contribution in [2.24, 2.45) is 35.0 Å². The Balaban J connectivity index is 1.36.